The zero-order valence-corrected chi connectivity index (χ0v) is 11.6. The molecule has 1 heterocycles. The monoisotopic (exact) mass is 238 g/mol. The molecule has 0 unspecified atom stereocenters. The van der Waals surface area contributed by atoms with E-state index in [1.165, 1.54) is 12.8 Å². The number of aromatic nitrogens is 2. The lowest BCUT2D eigenvalue weighted by molar-refractivity contribution is 0.396. The van der Waals surface area contributed by atoms with Gasteiger partial charge in [-0.3, -0.25) is 0 Å². The Bertz CT molecular complexity index is 304. The van der Waals surface area contributed by atoms with Crippen LogP contribution in [0.4, 0.5) is 5.95 Å². The summed E-state index contributed by atoms with van der Waals surface area (Å²) in [6.07, 6.45) is 6.32. The third-order valence-corrected chi connectivity index (χ3v) is 2.59. The molecule has 4 nitrogen and oxygen atoms in total. The van der Waals surface area contributed by atoms with Crippen molar-refractivity contribution in [3.8, 4) is 0 Å². The largest absolute Gasteiger partial charge is 0.356 e. The van der Waals surface area contributed by atoms with Gasteiger partial charge in [-0.25, -0.2) is 4.98 Å². The SMILES string of the molecule is CC(C)Cn1ccnc1NCCCCN(C)C. The molecule has 1 rings (SSSR count). The number of hydrogen-bond acceptors (Lipinski definition) is 3. The molecule has 0 amide bonds. The summed E-state index contributed by atoms with van der Waals surface area (Å²) in [6.45, 7) is 7.63. The summed E-state index contributed by atoms with van der Waals surface area (Å²) >= 11 is 0. The molecule has 17 heavy (non-hydrogen) atoms. The van der Waals surface area contributed by atoms with Crippen molar-refractivity contribution in [3.63, 3.8) is 0 Å². The maximum Gasteiger partial charge on any atom is 0.202 e. The summed E-state index contributed by atoms with van der Waals surface area (Å²) in [7, 11) is 4.23. The van der Waals surface area contributed by atoms with Gasteiger partial charge in [-0.1, -0.05) is 13.8 Å². The van der Waals surface area contributed by atoms with Crippen molar-refractivity contribution in [1.82, 2.24) is 14.5 Å². The van der Waals surface area contributed by atoms with Crippen LogP contribution in [-0.4, -0.2) is 41.6 Å². The Labute approximate surface area is 105 Å². The number of imidazole rings is 1. The quantitative estimate of drug-likeness (QED) is 0.705. The Balaban J connectivity index is 2.24. The molecule has 1 aromatic heterocycles. The summed E-state index contributed by atoms with van der Waals surface area (Å²) in [5, 5.41) is 3.41. The number of nitrogens with one attached hydrogen (secondary N) is 1. The lowest BCUT2D eigenvalue weighted by atomic mass is 10.2. The highest BCUT2D eigenvalue weighted by atomic mass is 15.2. The van der Waals surface area contributed by atoms with Gasteiger partial charge in [-0.15, -0.1) is 0 Å². The topological polar surface area (TPSA) is 33.1 Å². The molecule has 0 radical (unpaired) electrons. The fourth-order valence-electron chi connectivity index (χ4n) is 1.77. The molecule has 0 aliphatic rings. The summed E-state index contributed by atoms with van der Waals surface area (Å²) < 4.78 is 2.19. The van der Waals surface area contributed by atoms with Crippen LogP contribution in [0.15, 0.2) is 12.4 Å². The Hall–Kier alpha value is -1.03. The maximum absolute atomic E-state index is 4.34. The van der Waals surface area contributed by atoms with E-state index in [4.69, 9.17) is 0 Å². The average molecular weight is 238 g/mol. The minimum atomic E-state index is 0.651. The molecule has 0 aliphatic heterocycles. The van der Waals surface area contributed by atoms with Crippen molar-refractivity contribution < 1.29 is 0 Å². The lowest BCUT2D eigenvalue weighted by Gasteiger charge is -2.12. The van der Waals surface area contributed by atoms with E-state index in [-0.39, 0.29) is 0 Å². The van der Waals surface area contributed by atoms with Crippen LogP contribution in [-0.2, 0) is 6.54 Å². The Morgan fingerprint density at radius 2 is 2.12 bits per heavy atom. The van der Waals surface area contributed by atoms with Gasteiger partial charge in [0.1, 0.15) is 0 Å². The molecule has 0 bridgehead atoms. The molecule has 0 spiro atoms. The molecule has 0 saturated carbocycles. The fourth-order valence-corrected chi connectivity index (χ4v) is 1.77. The zero-order valence-electron chi connectivity index (χ0n) is 11.6. The molecular weight excluding hydrogens is 212 g/mol. The van der Waals surface area contributed by atoms with Crippen molar-refractivity contribution >= 4 is 5.95 Å². The van der Waals surface area contributed by atoms with Gasteiger partial charge in [-0.05, 0) is 39.4 Å². The average Bonchev–Trinajstić information content (AvgIpc) is 2.64. The third-order valence-electron chi connectivity index (χ3n) is 2.59. The summed E-state index contributed by atoms with van der Waals surface area (Å²) in [6, 6.07) is 0. The number of unbranched alkanes of at least 4 members (excludes halogenated alkanes) is 1. The van der Waals surface area contributed by atoms with Crippen molar-refractivity contribution in [2.75, 3.05) is 32.5 Å². The van der Waals surface area contributed by atoms with E-state index in [0.29, 0.717) is 5.92 Å². The molecule has 0 saturated heterocycles. The van der Waals surface area contributed by atoms with Crippen LogP contribution in [0.25, 0.3) is 0 Å². The van der Waals surface area contributed by atoms with Gasteiger partial charge < -0.3 is 14.8 Å². The standard InChI is InChI=1S/C13H26N4/c1-12(2)11-17-10-8-15-13(17)14-7-5-6-9-16(3)4/h8,10,12H,5-7,9,11H2,1-4H3,(H,14,15). The highest BCUT2D eigenvalue weighted by molar-refractivity contribution is 5.25. The lowest BCUT2D eigenvalue weighted by Crippen LogP contribution is -2.15. The van der Waals surface area contributed by atoms with Crippen LogP contribution in [0.5, 0.6) is 0 Å². The third kappa shape index (κ3) is 5.73. The first-order chi connectivity index (χ1) is 8.09. The van der Waals surface area contributed by atoms with Crippen LogP contribution >= 0.6 is 0 Å². The van der Waals surface area contributed by atoms with Gasteiger partial charge in [0.2, 0.25) is 5.95 Å². The van der Waals surface area contributed by atoms with Crippen molar-refractivity contribution in [2.45, 2.75) is 33.2 Å². The smallest absolute Gasteiger partial charge is 0.202 e. The molecule has 0 aromatic carbocycles. The van der Waals surface area contributed by atoms with Crippen LogP contribution in [0.3, 0.4) is 0 Å². The molecule has 4 heteroatoms. The van der Waals surface area contributed by atoms with Crippen molar-refractivity contribution in [2.24, 2.45) is 5.92 Å². The second kappa shape index (κ2) is 7.33. The Morgan fingerprint density at radius 1 is 1.35 bits per heavy atom. The zero-order chi connectivity index (χ0) is 12.7. The fraction of sp³-hybridized carbons (Fsp3) is 0.769. The second-order valence-electron chi connectivity index (χ2n) is 5.23. The highest BCUT2D eigenvalue weighted by Crippen LogP contribution is 2.08. The molecule has 0 fully saturated rings. The Kier molecular flexibility index (Phi) is 6.05. The summed E-state index contributed by atoms with van der Waals surface area (Å²) in [5.74, 6) is 1.65. The number of anilines is 1. The van der Waals surface area contributed by atoms with Crippen molar-refractivity contribution in [3.05, 3.63) is 12.4 Å². The number of rotatable bonds is 8. The van der Waals surface area contributed by atoms with Gasteiger partial charge in [0, 0.05) is 25.5 Å². The predicted molar refractivity (Wildman–Crippen MR) is 73.3 cm³/mol. The molecule has 0 atom stereocenters. The van der Waals surface area contributed by atoms with Crippen LogP contribution in [0.1, 0.15) is 26.7 Å². The Morgan fingerprint density at radius 3 is 2.76 bits per heavy atom. The molecule has 1 N–H and O–H groups in total. The predicted octanol–water partition coefficient (Wildman–Crippen LogP) is 2.29. The van der Waals surface area contributed by atoms with E-state index in [2.05, 4.69) is 47.7 Å². The van der Waals surface area contributed by atoms with E-state index in [9.17, 15) is 0 Å². The normalized spacial score (nSPS) is 11.4. The molecule has 98 valence electrons. The van der Waals surface area contributed by atoms with E-state index in [1.54, 1.807) is 0 Å². The van der Waals surface area contributed by atoms with Gasteiger partial charge in [0.25, 0.3) is 0 Å². The summed E-state index contributed by atoms with van der Waals surface area (Å²) in [4.78, 5) is 6.57. The van der Waals surface area contributed by atoms with Gasteiger partial charge in [0.05, 0.1) is 0 Å². The molecule has 0 aliphatic carbocycles. The van der Waals surface area contributed by atoms with Crippen LogP contribution < -0.4 is 5.32 Å². The van der Waals surface area contributed by atoms with E-state index in [0.717, 1.165) is 25.6 Å². The van der Waals surface area contributed by atoms with E-state index in [1.807, 2.05) is 12.4 Å². The first-order valence-corrected chi connectivity index (χ1v) is 6.49. The molecule has 1 aromatic rings. The second-order valence-corrected chi connectivity index (χ2v) is 5.23. The number of nitrogens with zero attached hydrogens (tertiary/aromatic N) is 3. The van der Waals surface area contributed by atoms with Gasteiger partial charge >= 0.3 is 0 Å². The number of hydrogen-bond donors (Lipinski definition) is 1. The first-order valence-electron chi connectivity index (χ1n) is 6.49. The maximum atomic E-state index is 4.34. The van der Waals surface area contributed by atoms with Gasteiger partial charge in [-0.2, -0.15) is 0 Å². The van der Waals surface area contributed by atoms with E-state index >= 15 is 0 Å². The van der Waals surface area contributed by atoms with Crippen LogP contribution in [0, 0.1) is 5.92 Å². The van der Waals surface area contributed by atoms with Crippen LogP contribution in [0.2, 0.25) is 0 Å². The summed E-state index contributed by atoms with van der Waals surface area (Å²) in [5.41, 5.74) is 0. The minimum Gasteiger partial charge on any atom is -0.356 e. The van der Waals surface area contributed by atoms with Gasteiger partial charge in [0.15, 0.2) is 0 Å². The minimum absolute atomic E-state index is 0.651. The molecular formula is C13H26N4. The van der Waals surface area contributed by atoms with Crippen molar-refractivity contribution in [1.29, 1.82) is 0 Å². The first kappa shape index (κ1) is 14.0. The highest BCUT2D eigenvalue weighted by Gasteiger charge is 2.03. The van der Waals surface area contributed by atoms with E-state index < -0.39 is 0 Å².